The van der Waals surface area contributed by atoms with Crippen molar-refractivity contribution in [1.82, 2.24) is 0 Å². The molecule has 0 saturated heterocycles. The van der Waals surface area contributed by atoms with Crippen molar-refractivity contribution in [3.8, 4) is 0 Å². The smallest absolute Gasteiger partial charge is 0.323 e. The zero-order valence-electron chi connectivity index (χ0n) is 7.47. The molecule has 1 aliphatic rings. The summed E-state index contributed by atoms with van der Waals surface area (Å²) in [6.45, 7) is -0.0187. The molecule has 0 aromatic heterocycles. The van der Waals surface area contributed by atoms with Gasteiger partial charge in [-0.15, -0.1) is 0 Å². The first kappa shape index (κ1) is 8.62. The van der Waals surface area contributed by atoms with Gasteiger partial charge in [0, 0.05) is 12.4 Å². The number of carboxylic acids is 1. The van der Waals surface area contributed by atoms with Gasteiger partial charge in [0.15, 0.2) is 0 Å². The first-order chi connectivity index (χ1) is 6.77. The summed E-state index contributed by atoms with van der Waals surface area (Å²) in [6.07, 6.45) is 3.45. The van der Waals surface area contributed by atoms with Gasteiger partial charge in [0.05, 0.1) is 11.4 Å². The molecule has 0 saturated carbocycles. The first-order valence-corrected chi connectivity index (χ1v) is 4.28. The number of benzene rings is 1. The number of rotatable bonds is 2. The van der Waals surface area contributed by atoms with E-state index in [9.17, 15) is 4.79 Å². The van der Waals surface area contributed by atoms with E-state index in [4.69, 9.17) is 5.11 Å². The fraction of sp³-hybridized carbons (Fsp3) is 0.100. The number of para-hydroxylation sites is 2. The summed E-state index contributed by atoms with van der Waals surface area (Å²) < 4.78 is 0. The van der Waals surface area contributed by atoms with Gasteiger partial charge >= 0.3 is 5.97 Å². The maximum absolute atomic E-state index is 10.6. The molecule has 4 heteroatoms. The molecule has 1 aromatic carbocycles. The highest BCUT2D eigenvalue weighted by Crippen LogP contribution is 2.28. The molecule has 14 heavy (non-hydrogen) atoms. The number of anilines is 2. The zero-order chi connectivity index (χ0) is 9.97. The Balaban J connectivity index is 2.31. The molecular formula is C10H10N2O2. The van der Waals surface area contributed by atoms with Crippen molar-refractivity contribution in [3.05, 3.63) is 36.7 Å². The number of carbonyl (C=O) groups is 1. The second-order valence-electron chi connectivity index (χ2n) is 3.00. The van der Waals surface area contributed by atoms with Gasteiger partial charge in [-0.05, 0) is 12.1 Å². The van der Waals surface area contributed by atoms with Crippen molar-refractivity contribution in [1.29, 1.82) is 0 Å². The van der Waals surface area contributed by atoms with E-state index in [0.29, 0.717) is 0 Å². The highest BCUT2D eigenvalue weighted by atomic mass is 16.4. The number of nitrogens with zero attached hydrogens (tertiary/aromatic N) is 1. The molecule has 0 amide bonds. The Hall–Kier alpha value is -1.97. The average Bonchev–Trinajstić information content (AvgIpc) is 2.18. The van der Waals surface area contributed by atoms with Crippen LogP contribution >= 0.6 is 0 Å². The van der Waals surface area contributed by atoms with Gasteiger partial charge in [-0.2, -0.15) is 0 Å². The quantitative estimate of drug-likeness (QED) is 0.741. The van der Waals surface area contributed by atoms with E-state index < -0.39 is 5.97 Å². The summed E-state index contributed by atoms with van der Waals surface area (Å²) in [5, 5.41) is 11.7. The fourth-order valence-electron chi connectivity index (χ4n) is 1.43. The molecular weight excluding hydrogens is 180 g/mol. The third-order valence-electron chi connectivity index (χ3n) is 2.01. The summed E-state index contributed by atoms with van der Waals surface area (Å²) >= 11 is 0. The number of hydrogen-bond acceptors (Lipinski definition) is 3. The highest BCUT2D eigenvalue weighted by molar-refractivity contribution is 5.81. The summed E-state index contributed by atoms with van der Waals surface area (Å²) in [4.78, 5) is 12.3. The molecule has 1 aliphatic heterocycles. The average molecular weight is 190 g/mol. The molecule has 4 nitrogen and oxygen atoms in total. The maximum atomic E-state index is 10.6. The monoisotopic (exact) mass is 190 g/mol. The summed E-state index contributed by atoms with van der Waals surface area (Å²) in [5.41, 5.74) is 1.81. The van der Waals surface area contributed by atoms with Crippen LogP contribution in [0.3, 0.4) is 0 Å². The minimum atomic E-state index is -0.841. The lowest BCUT2D eigenvalue weighted by Crippen LogP contribution is -2.27. The van der Waals surface area contributed by atoms with Crippen molar-refractivity contribution < 1.29 is 9.90 Å². The predicted molar refractivity (Wildman–Crippen MR) is 54.2 cm³/mol. The Bertz CT molecular complexity index is 387. The van der Waals surface area contributed by atoms with Crippen LogP contribution in [0.1, 0.15) is 0 Å². The number of fused-ring (bicyclic) bond motifs is 1. The van der Waals surface area contributed by atoms with Crippen LogP contribution in [0.5, 0.6) is 0 Å². The minimum absolute atomic E-state index is 0.0187. The fourth-order valence-corrected chi connectivity index (χ4v) is 1.43. The molecule has 2 N–H and O–H groups in total. The van der Waals surface area contributed by atoms with E-state index in [0.717, 1.165) is 11.4 Å². The summed E-state index contributed by atoms with van der Waals surface area (Å²) in [5.74, 6) is -0.841. The Morgan fingerprint density at radius 3 is 3.00 bits per heavy atom. The van der Waals surface area contributed by atoms with Crippen LogP contribution in [0.25, 0.3) is 0 Å². The van der Waals surface area contributed by atoms with Crippen molar-refractivity contribution in [2.45, 2.75) is 0 Å². The number of aliphatic carboxylic acids is 1. The molecule has 0 atom stereocenters. The Morgan fingerprint density at radius 1 is 1.43 bits per heavy atom. The molecule has 0 bridgehead atoms. The molecule has 2 rings (SSSR count). The molecule has 0 unspecified atom stereocenters. The van der Waals surface area contributed by atoms with E-state index in [2.05, 4.69) is 5.32 Å². The Labute approximate surface area is 81.5 Å². The minimum Gasteiger partial charge on any atom is -0.480 e. The van der Waals surface area contributed by atoms with Crippen LogP contribution in [-0.4, -0.2) is 17.6 Å². The first-order valence-electron chi connectivity index (χ1n) is 4.28. The van der Waals surface area contributed by atoms with E-state index in [-0.39, 0.29) is 6.54 Å². The topological polar surface area (TPSA) is 52.6 Å². The van der Waals surface area contributed by atoms with Gasteiger partial charge in [-0.3, -0.25) is 4.79 Å². The van der Waals surface area contributed by atoms with Crippen LogP contribution in [0.4, 0.5) is 11.4 Å². The molecule has 1 heterocycles. The third-order valence-corrected chi connectivity index (χ3v) is 2.01. The molecule has 0 aliphatic carbocycles. The Kier molecular flexibility index (Phi) is 2.10. The summed E-state index contributed by atoms with van der Waals surface area (Å²) in [7, 11) is 0. The van der Waals surface area contributed by atoms with E-state index in [1.165, 1.54) is 0 Å². The third kappa shape index (κ3) is 1.54. The van der Waals surface area contributed by atoms with Crippen molar-refractivity contribution in [2.24, 2.45) is 0 Å². The van der Waals surface area contributed by atoms with Gasteiger partial charge in [0.1, 0.15) is 6.54 Å². The van der Waals surface area contributed by atoms with Gasteiger partial charge in [0.2, 0.25) is 0 Å². The van der Waals surface area contributed by atoms with Gasteiger partial charge in [-0.25, -0.2) is 0 Å². The van der Waals surface area contributed by atoms with Crippen LogP contribution < -0.4 is 10.2 Å². The van der Waals surface area contributed by atoms with Gasteiger partial charge < -0.3 is 15.3 Å². The predicted octanol–water partition coefficient (Wildman–Crippen LogP) is 1.47. The lowest BCUT2D eigenvalue weighted by atomic mass is 10.2. The normalized spacial score (nSPS) is 13.3. The lowest BCUT2D eigenvalue weighted by Gasteiger charge is -2.24. The number of carboxylic acid groups (broad SMARTS) is 1. The van der Waals surface area contributed by atoms with Crippen molar-refractivity contribution in [3.63, 3.8) is 0 Å². The second-order valence-corrected chi connectivity index (χ2v) is 3.00. The standard InChI is InChI=1S/C10H10N2O2/c13-10(14)7-12-6-5-11-8-3-1-2-4-9(8)12/h1-6,11H,7H2,(H,13,14). The SMILES string of the molecule is O=C(O)CN1C=CNc2ccccc21. The number of hydrogen-bond donors (Lipinski definition) is 2. The van der Waals surface area contributed by atoms with Crippen LogP contribution in [0, 0.1) is 0 Å². The van der Waals surface area contributed by atoms with Crippen molar-refractivity contribution in [2.75, 3.05) is 16.8 Å². The van der Waals surface area contributed by atoms with Gasteiger partial charge in [-0.1, -0.05) is 12.1 Å². The second kappa shape index (κ2) is 3.41. The van der Waals surface area contributed by atoms with E-state index in [1.54, 1.807) is 17.3 Å². The molecule has 0 radical (unpaired) electrons. The van der Waals surface area contributed by atoms with E-state index in [1.807, 2.05) is 24.3 Å². The molecule has 1 aromatic rings. The van der Waals surface area contributed by atoms with Crippen LogP contribution in [-0.2, 0) is 4.79 Å². The van der Waals surface area contributed by atoms with E-state index >= 15 is 0 Å². The molecule has 0 spiro atoms. The lowest BCUT2D eigenvalue weighted by molar-refractivity contribution is -0.135. The number of nitrogens with one attached hydrogen (secondary N) is 1. The van der Waals surface area contributed by atoms with Crippen molar-refractivity contribution >= 4 is 17.3 Å². The summed E-state index contributed by atoms with van der Waals surface area (Å²) in [6, 6.07) is 7.58. The van der Waals surface area contributed by atoms with Crippen LogP contribution in [0.2, 0.25) is 0 Å². The highest BCUT2D eigenvalue weighted by Gasteiger charge is 2.13. The largest absolute Gasteiger partial charge is 0.480 e. The molecule has 0 fully saturated rings. The van der Waals surface area contributed by atoms with Gasteiger partial charge in [0.25, 0.3) is 0 Å². The molecule has 72 valence electrons. The maximum Gasteiger partial charge on any atom is 0.323 e. The zero-order valence-corrected chi connectivity index (χ0v) is 7.47. The van der Waals surface area contributed by atoms with Crippen LogP contribution in [0.15, 0.2) is 36.7 Å². The Morgan fingerprint density at radius 2 is 2.21 bits per heavy atom.